The molecule has 144 valence electrons. The maximum Gasteiger partial charge on any atom is 1.00 e. The summed E-state index contributed by atoms with van der Waals surface area (Å²) >= 11 is 2.53. The van der Waals surface area contributed by atoms with Crippen LogP contribution in [-0.4, -0.2) is 50.9 Å². The first kappa shape index (κ1) is 21.8. The van der Waals surface area contributed by atoms with E-state index in [2.05, 4.69) is 10.3 Å². The summed E-state index contributed by atoms with van der Waals surface area (Å²) in [6.07, 6.45) is 1.68. The van der Waals surface area contributed by atoms with Crippen LogP contribution < -0.4 is 45.7 Å². The van der Waals surface area contributed by atoms with Gasteiger partial charge in [-0.05, 0) is 11.6 Å². The third-order valence-corrected chi connectivity index (χ3v) is 6.58. The molecule has 1 aromatic heterocycles. The molecule has 4 rings (SSSR count). The molecular formula is C18H15N4NaO4S2. The number of aromatic nitrogens is 1. The van der Waals surface area contributed by atoms with Crippen LogP contribution in [0.1, 0.15) is 11.3 Å². The van der Waals surface area contributed by atoms with Gasteiger partial charge in [0.1, 0.15) is 11.4 Å². The molecule has 29 heavy (non-hydrogen) atoms. The molecule has 2 aliphatic heterocycles. The van der Waals surface area contributed by atoms with Crippen molar-refractivity contribution in [3.8, 4) is 0 Å². The number of anilines is 1. The van der Waals surface area contributed by atoms with Gasteiger partial charge < -0.3 is 25.9 Å². The maximum atomic E-state index is 12.9. The number of thioether (sulfide) groups is 1. The number of carbonyl (C=O) groups is 3. The summed E-state index contributed by atoms with van der Waals surface area (Å²) in [6, 6.07) is 7.52. The second-order valence-corrected chi connectivity index (χ2v) is 8.33. The molecule has 3 heterocycles. The summed E-state index contributed by atoms with van der Waals surface area (Å²) < 4.78 is 0. The second kappa shape index (κ2) is 8.88. The van der Waals surface area contributed by atoms with E-state index in [9.17, 15) is 19.5 Å². The molecule has 2 aliphatic rings. The Balaban J connectivity index is 0.00000240. The summed E-state index contributed by atoms with van der Waals surface area (Å²) in [5, 5.41) is 15.4. The predicted octanol–water partition coefficient (Wildman–Crippen LogP) is -3.21. The van der Waals surface area contributed by atoms with Crippen molar-refractivity contribution < 1.29 is 49.0 Å². The smallest absolute Gasteiger partial charge is 0.548 e. The minimum absolute atomic E-state index is 0. The van der Waals surface area contributed by atoms with Crippen LogP contribution in [0.5, 0.6) is 0 Å². The Kier molecular flexibility index (Phi) is 6.69. The standard InChI is InChI=1S/C18H16N4O4S2.Na/c19-18-20-11(7-28-18)10(6-9-4-2-1-3-5-9)14(23)21-13-15(24)22-12(17(25)26)8-27-16(13)22;/h1-7,12-13,16H,8H2,(H2,19,20)(H,21,23)(H,25,26);/q;+1/p-1/b10-6+;/t12?,13?,16-;/m0./s1. The molecule has 2 aromatic rings. The topological polar surface area (TPSA) is 128 Å². The molecule has 0 radical (unpaired) electrons. The van der Waals surface area contributed by atoms with Crippen molar-refractivity contribution in [2.75, 3.05) is 11.5 Å². The Morgan fingerprint density at radius 3 is 2.66 bits per heavy atom. The zero-order chi connectivity index (χ0) is 19.8. The number of carbonyl (C=O) groups excluding carboxylic acids is 3. The Bertz CT molecular complexity index is 981. The number of thiazole rings is 1. The molecule has 2 saturated heterocycles. The van der Waals surface area contributed by atoms with Crippen LogP contribution in [0.15, 0.2) is 35.7 Å². The number of amides is 2. The number of nitrogens with zero attached hydrogens (tertiary/aromatic N) is 2. The maximum absolute atomic E-state index is 12.9. The van der Waals surface area contributed by atoms with Gasteiger partial charge in [0, 0.05) is 11.1 Å². The van der Waals surface area contributed by atoms with Crippen LogP contribution in [0.2, 0.25) is 0 Å². The molecule has 0 spiro atoms. The van der Waals surface area contributed by atoms with Crippen molar-refractivity contribution in [1.29, 1.82) is 0 Å². The number of rotatable bonds is 5. The van der Waals surface area contributed by atoms with Crippen LogP contribution in [0.4, 0.5) is 5.13 Å². The van der Waals surface area contributed by atoms with Crippen molar-refractivity contribution in [2.45, 2.75) is 17.5 Å². The minimum atomic E-state index is -1.28. The molecule has 3 atom stereocenters. The van der Waals surface area contributed by atoms with E-state index in [0.717, 1.165) is 5.56 Å². The van der Waals surface area contributed by atoms with Crippen LogP contribution in [0, 0.1) is 0 Å². The average molecular weight is 438 g/mol. The number of hydrogen-bond donors (Lipinski definition) is 2. The molecular weight excluding hydrogens is 423 g/mol. The third-order valence-electron chi connectivity index (χ3n) is 4.55. The fourth-order valence-corrected chi connectivity index (χ4v) is 5.21. The Morgan fingerprint density at radius 2 is 2.03 bits per heavy atom. The SMILES string of the molecule is Nc1nc(/C(=C\c2ccccc2)C(=O)NC2C(=O)N3C(C(=O)[O-])CS[C@@H]23)cs1.[Na+]. The van der Waals surface area contributed by atoms with E-state index in [4.69, 9.17) is 5.73 Å². The number of β-lactam (4-membered cyclic amide) rings is 1. The van der Waals surface area contributed by atoms with Crippen molar-refractivity contribution in [2.24, 2.45) is 0 Å². The van der Waals surface area contributed by atoms with Gasteiger partial charge in [-0.15, -0.1) is 23.1 Å². The molecule has 2 unspecified atom stereocenters. The summed E-state index contributed by atoms with van der Waals surface area (Å²) in [5.41, 5.74) is 7.20. The van der Waals surface area contributed by atoms with Gasteiger partial charge in [0.2, 0.25) is 5.91 Å². The number of carboxylic acids is 1. The second-order valence-electron chi connectivity index (χ2n) is 6.30. The van der Waals surface area contributed by atoms with Crippen LogP contribution in [0.3, 0.4) is 0 Å². The van der Waals surface area contributed by atoms with Crippen molar-refractivity contribution in [3.05, 3.63) is 47.0 Å². The van der Waals surface area contributed by atoms with Gasteiger partial charge in [-0.1, -0.05) is 30.3 Å². The molecule has 2 fully saturated rings. The van der Waals surface area contributed by atoms with Crippen molar-refractivity contribution in [3.63, 3.8) is 0 Å². The molecule has 3 N–H and O–H groups in total. The Labute approximate surface area is 196 Å². The number of hydrogen-bond acceptors (Lipinski definition) is 8. The molecule has 0 aliphatic carbocycles. The van der Waals surface area contributed by atoms with Gasteiger partial charge >= 0.3 is 29.6 Å². The van der Waals surface area contributed by atoms with E-state index >= 15 is 0 Å². The average Bonchev–Trinajstić information content (AvgIpc) is 3.29. The summed E-state index contributed by atoms with van der Waals surface area (Å²) in [5.74, 6) is -1.92. The first-order valence-corrected chi connectivity index (χ1v) is 10.3. The largest absolute Gasteiger partial charge is 1.00 e. The quantitative estimate of drug-likeness (QED) is 0.286. The van der Waals surface area contributed by atoms with Crippen LogP contribution in [-0.2, 0) is 14.4 Å². The first-order chi connectivity index (χ1) is 13.5. The van der Waals surface area contributed by atoms with E-state index in [0.29, 0.717) is 10.8 Å². The number of carboxylic acid groups (broad SMARTS) is 1. The summed E-state index contributed by atoms with van der Waals surface area (Å²) in [4.78, 5) is 41.9. The van der Waals surface area contributed by atoms with Gasteiger partial charge in [-0.25, -0.2) is 4.98 Å². The van der Waals surface area contributed by atoms with E-state index in [1.165, 1.54) is 28.0 Å². The first-order valence-electron chi connectivity index (χ1n) is 8.39. The molecule has 2 amide bonds. The normalized spacial score (nSPS) is 23.0. The molecule has 0 saturated carbocycles. The Hall–Kier alpha value is -1.85. The summed E-state index contributed by atoms with van der Waals surface area (Å²) in [6.45, 7) is 0. The third kappa shape index (κ3) is 4.22. The van der Waals surface area contributed by atoms with Crippen molar-refractivity contribution >= 4 is 57.7 Å². The number of nitrogen functional groups attached to an aromatic ring is 1. The van der Waals surface area contributed by atoms with Gasteiger partial charge in [-0.3, -0.25) is 9.59 Å². The van der Waals surface area contributed by atoms with E-state index in [-0.39, 0.29) is 40.9 Å². The van der Waals surface area contributed by atoms with Gasteiger partial charge in [0.25, 0.3) is 5.91 Å². The number of fused-ring (bicyclic) bond motifs is 1. The van der Waals surface area contributed by atoms with Crippen molar-refractivity contribution in [1.82, 2.24) is 15.2 Å². The molecule has 1 aromatic carbocycles. The number of aliphatic carboxylic acids is 1. The van der Waals surface area contributed by atoms with Gasteiger partial charge in [-0.2, -0.15) is 0 Å². The van der Waals surface area contributed by atoms with Crippen LogP contribution in [0.25, 0.3) is 11.6 Å². The predicted molar refractivity (Wildman–Crippen MR) is 105 cm³/mol. The number of benzene rings is 1. The fraction of sp³-hybridized carbons (Fsp3) is 0.222. The van der Waals surface area contributed by atoms with Crippen LogP contribution >= 0.6 is 23.1 Å². The minimum Gasteiger partial charge on any atom is -0.548 e. The Morgan fingerprint density at radius 1 is 1.31 bits per heavy atom. The summed E-state index contributed by atoms with van der Waals surface area (Å²) in [7, 11) is 0. The number of nitrogens with one attached hydrogen (secondary N) is 1. The van der Waals surface area contributed by atoms with E-state index in [1.54, 1.807) is 11.5 Å². The number of nitrogens with two attached hydrogens (primary N) is 1. The van der Waals surface area contributed by atoms with Gasteiger partial charge in [0.15, 0.2) is 5.13 Å². The molecule has 11 heteroatoms. The van der Waals surface area contributed by atoms with Gasteiger partial charge in [0.05, 0.1) is 23.3 Å². The van der Waals surface area contributed by atoms with E-state index in [1.807, 2.05) is 30.3 Å². The zero-order valence-electron chi connectivity index (χ0n) is 15.4. The monoisotopic (exact) mass is 438 g/mol. The van der Waals surface area contributed by atoms with E-state index < -0.39 is 35.2 Å². The fourth-order valence-electron chi connectivity index (χ4n) is 3.18. The zero-order valence-corrected chi connectivity index (χ0v) is 19.0. The molecule has 0 bridgehead atoms. The molecule has 8 nitrogen and oxygen atoms in total.